The van der Waals surface area contributed by atoms with Crippen LogP contribution in [0.3, 0.4) is 0 Å². The molecule has 6 heteroatoms. The zero-order chi connectivity index (χ0) is 17.4. The van der Waals surface area contributed by atoms with Gasteiger partial charge in [-0.25, -0.2) is 4.79 Å². The predicted molar refractivity (Wildman–Crippen MR) is 90.9 cm³/mol. The lowest BCUT2D eigenvalue weighted by Crippen LogP contribution is -2.36. The monoisotopic (exact) mass is 327 g/mol. The smallest absolute Gasteiger partial charge is 0.325 e. The summed E-state index contributed by atoms with van der Waals surface area (Å²) < 4.78 is 0. The molecule has 1 aromatic heterocycles. The van der Waals surface area contributed by atoms with E-state index in [0.717, 1.165) is 21.5 Å². The highest BCUT2D eigenvalue weighted by atomic mass is 16.2. The molecule has 2 N–H and O–H groups in total. The van der Waals surface area contributed by atoms with Crippen LogP contribution in [-0.4, -0.2) is 40.2 Å². The Morgan fingerprint density at radius 3 is 2.67 bits per heavy atom. The Morgan fingerprint density at radius 1 is 1.25 bits per heavy atom. The summed E-state index contributed by atoms with van der Waals surface area (Å²) in [5.41, 5.74) is 2.15. The predicted octanol–water partition coefficient (Wildman–Crippen LogP) is 2.63. The molecule has 0 bridgehead atoms. The molecule has 0 aliphatic carbocycles. The fourth-order valence-electron chi connectivity index (χ4n) is 3.22. The summed E-state index contributed by atoms with van der Waals surface area (Å²) in [6, 6.07) is 6.48. The van der Waals surface area contributed by atoms with Crippen LogP contribution >= 0.6 is 0 Å². The van der Waals surface area contributed by atoms with Gasteiger partial charge in [0.15, 0.2) is 5.78 Å². The number of aromatic amines is 1. The molecule has 24 heavy (non-hydrogen) atoms. The zero-order valence-corrected chi connectivity index (χ0v) is 14.1. The van der Waals surface area contributed by atoms with E-state index in [4.69, 9.17) is 0 Å². The number of H-pyrrole nitrogens is 1. The first-order chi connectivity index (χ1) is 11.4. The van der Waals surface area contributed by atoms with E-state index in [-0.39, 0.29) is 24.2 Å². The van der Waals surface area contributed by atoms with Gasteiger partial charge in [0.25, 0.3) is 5.91 Å². The number of nitrogens with one attached hydrogen (secondary N) is 2. The van der Waals surface area contributed by atoms with E-state index < -0.39 is 12.1 Å². The molecule has 0 spiro atoms. The van der Waals surface area contributed by atoms with Crippen LogP contribution in [0.1, 0.15) is 36.3 Å². The number of ketones is 1. The van der Waals surface area contributed by atoms with Gasteiger partial charge in [-0.2, -0.15) is 0 Å². The van der Waals surface area contributed by atoms with Gasteiger partial charge in [-0.3, -0.25) is 14.5 Å². The first kappa shape index (κ1) is 16.2. The van der Waals surface area contributed by atoms with Crippen molar-refractivity contribution in [2.75, 3.05) is 6.54 Å². The number of urea groups is 1. The summed E-state index contributed by atoms with van der Waals surface area (Å²) in [5, 5.41) is 3.48. The van der Waals surface area contributed by atoms with Crippen molar-refractivity contribution in [3.8, 4) is 0 Å². The van der Waals surface area contributed by atoms with Crippen LogP contribution in [0.4, 0.5) is 4.79 Å². The first-order valence-electron chi connectivity index (χ1n) is 8.11. The molecule has 126 valence electrons. The van der Waals surface area contributed by atoms with Gasteiger partial charge in [-0.1, -0.05) is 32.0 Å². The molecular formula is C18H21N3O3. The van der Waals surface area contributed by atoms with E-state index >= 15 is 0 Å². The summed E-state index contributed by atoms with van der Waals surface area (Å²) in [6.07, 6.45) is 0.571. The van der Waals surface area contributed by atoms with Crippen LogP contribution in [0, 0.1) is 12.8 Å². The van der Waals surface area contributed by atoms with E-state index in [1.807, 2.05) is 45.0 Å². The van der Waals surface area contributed by atoms with Gasteiger partial charge in [-0.15, -0.1) is 0 Å². The number of fused-ring (bicyclic) bond motifs is 1. The van der Waals surface area contributed by atoms with Crippen molar-refractivity contribution in [2.24, 2.45) is 5.92 Å². The third kappa shape index (κ3) is 2.79. The minimum atomic E-state index is -0.533. The second-order valence-corrected chi connectivity index (χ2v) is 6.65. The third-order valence-electron chi connectivity index (χ3n) is 4.29. The third-order valence-corrected chi connectivity index (χ3v) is 4.29. The molecule has 0 saturated carbocycles. The Balaban J connectivity index is 1.83. The number of hydrogen-bond donors (Lipinski definition) is 2. The van der Waals surface area contributed by atoms with Gasteiger partial charge in [0.2, 0.25) is 0 Å². The molecule has 1 fully saturated rings. The number of benzene rings is 1. The van der Waals surface area contributed by atoms with Gasteiger partial charge < -0.3 is 10.3 Å². The van der Waals surface area contributed by atoms with Crippen LogP contribution in [0.2, 0.25) is 0 Å². The molecule has 2 heterocycles. The number of aromatic nitrogens is 1. The van der Waals surface area contributed by atoms with Crippen LogP contribution in [0.5, 0.6) is 0 Å². The lowest BCUT2D eigenvalue weighted by molar-refractivity contribution is -0.127. The van der Waals surface area contributed by atoms with Gasteiger partial charge in [0.1, 0.15) is 6.04 Å². The SMILES string of the molecule is Cc1[nH]c2ccccc2c1C(=O)CN1C(=O)NC(CC(C)C)C1=O. The van der Waals surface area contributed by atoms with Crippen molar-refractivity contribution in [3.63, 3.8) is 0 Å². The number of hydrogen-bond acceptors (Lipinski definition) is 3. The first-order valence-corrected chi connectivity index (χ1v) is 8.11. The molecule has 3 amide bonds. The maximum Gasteiger partial charge on any atom is 0.325 e. The molecule has 1 aromatic carbocycles. The summed E-state index contributed by atoms with van der Waals surface area (Å²) in [4.78, 5) is 41.4. The van der Waals surface area contributed by atoms with Gasteiger partial charge in [0, 0.05) is 22.2 Å². The highest BCUT2D eigenvalue weighted by molar-refractivity contribution is 6.14. The number of imide groups is 1. The van der Waals surface area contributed by atoms with Crippen LogP contribution in [-0.2, 0) is 4.79 Å². The number of nitrogens with zero attached hydrogens (tertiary/aromatic N) is 1. The minimum absolute atomic E-state index is 0.234. The molecule has 1 unspecified atom stereocenters. The van der Waals surface area contributed by atoms with Gasteiger partial charge in [0.05, 0.1) is 6.54 Å². The second-order valence-electron chi connectivity index (χ2n) is 6.65. The highest BCUT2D eigenvalue weighted by Gasteiger charge is 2.39. The molecule has 0 radical (unpaired) electrons. The van der Waals surface area contributed by atoms with Gasteiger partial charge >= 0.3 is 6.03 Å². The fraction of sp³-hybridized carbons (Fsp3) is 0.389. The van der Waals surface area contributed by atoms with E-state index in [2.05, 4.69) is 10.3 Å². The number of para-hydroxylation sites is 1. The van der Waals surface area contributed by atoms with Crippen molar-refractivity contribution in [2.45, 2.75) is 33.2 Å². The van der Waals surface area contributed by atoms with Crippen LogP contribution in [0.25, 0.3) is 10.9 Å². The van der Waals surface area contributed by atoms with Crippen LogP contribution < -0.4 is 5.32 Å². The summed E-state index contributed by atoms with van der Waals surface area (Å²) in [5.74, 6) is -0.274. The number of aryl methyl sites for hydroxylation is 1. The molecule has 6 nitrogen and oxygen atoms in total. The largest absolute Gasteiger partial charge is 0.358 e. The number of carbonyl (C=O) groups excluding carboxylic acids is 3. The minimum Gasteiger partial charge on any atom is -0.358 e. The fourth-order valence-corrected chi connectivity index (χ4v) is 3.22. The van der Waals surface area contributed by atoms with E-state index in [9.17, 15) is 14.4 Å². The van der Waals surface area contributed by atoms with E-state index in [1.165, 1.54) is 0 Å². The van der Waals surface area contributed by atoms with Crippen molar-refractivity contribution in [1.82, 2.24) is 15.2 Å². The van der Waals surface area contributed by atoms with Crippen molar-refractivity contribution in [1.29, 1.82) is 0 Å². The number of amides is 3. The average molecular weight is 327 g/mol. The van der Waals surface area contributed by atoms with E-state index in [0.29, 0.717) is 12.0 Å². The number of Topliss-reactive ketones (excluding diaryl/α,β-unsaturated/α-hetero) is 1. The number of rotatable bonds is 5. The molecule has 1 aliphatic rings. The normalized spacial score (nSPS) is 17.8. The molecule has 1 aliphatic heterocycles. The Bertz CT molecular complexity index is 822. The maximum absolute atomic E-state index is 12.7. The Morgan fingerprint density at radius 2 is 1.96 bits per heavy atom. The van der Waals surface area contributed by atoms with Crippen LogP contribution in [0.15, 0.2) is 24.3 Å². The lowest BCUT2D eigenvalue weighted by Gasteiger charge is -2.13. The molecule has 1 atom stereocenters. The molecule has 3 rings (SSSR count). The Hall–Kier alpha value is -2.63. The standard InChI is InChI=1S/C18H21N3O3/c1-10(2)8-14-17(23)21(18(24)20-14)9-15(22)16-11(3)19-13-7-5-4-6-12(13)16/h4-7,10,14,19H,8-9H2,1-3H3,(H,20,24). The maximum atomic E-state index is 12.7. The van der Waals surface area contributed by atoms with Gasteiger partial charge in [-0.05, 0) is 25.3 Å². The number of carbonyl (C=O) groups is 3. The van der Waals surface area contributed by atoms with Crippen molar-refractivity contribution in [3.05, 3.63) is 35.5 Å². The lowest BCUT2D eigenvalue weighted by atomic mass is 10.0. The summed E-state index contributed by atoms with van der Waals surface area (Å²) >= 11 is 0. The molecule has 1 saturated heterocycles. The quantitative estimate of drug-likeness (QED) is 0.654. The highest BCUT2D eigenvalue weighted by Crippen LogP contribution is 2.23. The molecule has 2 aromatic rings. The summed E-state index contributed by atoms with van der Waals surface area (Å²) in [7, 11) is 0. The average Bonchev–Trinajstić information content (AvgIpc) is 2.97. The van der Waals surface area contributed by atoms with Crippen molar-refractivity contribution >= 4 is 28.6 Å². The Labute approximate surface area is 140 Å². The topological polar surface area (TPSA) is 82.3 Å². The zero-order valence-electron chi connectivity index (χ0n) is 14.1. The van der Waals surface area contributed by atoms with Crippen molar-refractivity contribution < 1.29 is 14.4 Å². The second kappa shape index (κ2) is 6.11. The molecular weight excluding hydrogens is 306 g/mol. The summed E-state index contributed by atoms with van der Waals surface area (Å²) in [6.45, 7) is 5.56. The van der Waals surface area contributed by atoms with E-state index in [1.54, 1.807) is 0 Å². The Kier molecular flexibility index (Phi) is 4.13.